The zero-order chi connectivity index (χ0) is 19.6. The van der Waals surface area contributed by atoms with Crippen molar-refractivity contribution in [2.24, 2.45) is 0 Å². The van der Waals surface area contributed by atoms with Gasteiger partial charge in [0.15, 0.2) is 15.9 Å². The lowest BCUT2D eigenvalue weighted by molar-refractivity contribution is -0.151. The van der Waals surface area contributed by atoms with Gasteiger partial charge in [0.25, 0.3) is 5.91 Å². The molecule has 144 valence electrons. The van der Waals surface area contributed by atoms with Gasteiger partial charge < -0.3 is 14.4 Å². The Hall–Kier alpha value is -1.93. The molecule has 3 atom stereocenters. The van der Waals surface area contributed by atoms with E-state index in [1.54, 1.807) is 17.9 Å². The summed E-state index contributed by atoms with van der Waals surface area (Å²) < 4.78 is 34.3. The lowest BCUT2D eigenvalue weighted by atomic mass is 10.1. The van der Waals surface area contributed by atoms with Crippen LogP contribution in [0.25, 0.3) is 0 Å². The van der Waals surface area contributed by atoms with Crippen molar-refractivity contribution in [1.82, 2.24) is 4.90 Å². The first-order valence-corrected chi connectivity index (χ1v) is 10.3. The maximum atomic E-state index is 12.6. The van der Waals surface area contributed by atoms with Crippen LogP contribution >= 0.6 is 0 Å². The number of hydrogen-bond acceptors (Lipinski definition) is 6. The fraction of sp³-hybridized carbons (Fsp3) is 0.556. The number of hydrogen-bond donors (Lipinski definition) is 0. The van der Waals surface area contributed by atoms with E-state index in [0.29, 0.717) is 18.7 Å². The summed E-state index contributed by atoms with van der Waals surface area (Å²) in [5.74, 6) is -1.01. The Balaban J connectivity index is 2.13. The monoisotopic (exact) mass is 383 g/mol. The van der Waals surface area contributed by atoms with Gasteiger partial charge in [-0.15, -0.1) is 0 Å². The third-order valence-corrected chi connectivity index (χ3v) is 5.33. The van der Waals surface area contributed by atoms with Gasteiger partial charge in [0.2, 0.25) is 0 Å². The topological polar surface area (TPSA) is 90.0 Å². The van der Waals surface area contributed by atoms with Gasteiger partial charge in [0, 0.05) is 19.3 Å². The minimum Gasteiger partial charge on any atom is -0.449 e. The fourth-order valence-electron chi connectivity index (χ4n) is 2.94. The Kier molecular flexibility index (Phi) is 6.08. The van der Waals surface area contributed by atoms with Crippen LogP contribution < -0.4 is 0 Å². The molecule has 0 saturated carbocycles. The molecule has 1 aromatic carbocycles. The molecule has 0 aliphatic carbocycles. The van der Waals surface area contributed by atoms with Crippen LogP contribution in [0.5, 0.6) is 0 Å². The van der Waals surface area contributed by atoms with Gasteiger partial charge in [-0.05, 0) is 45.4 Å². The molecule has 1 amide bonds. The highest BCUT2D eigenvalue weighted by atomic mass is 32.2. The van der Waals surface area contributed by atoms with Crippen LogP contribution in [0.2, 0.25) is 0 Å². The predicted octanol–water partition coefficient (Wildman–Crippen LogP) is 1.58. The molecule has 1 saturated heterocycles. The number of carbonyl (C=O) groups is 2. The van der Waals surface area contributed by atoms with E-state index in [2.05, 4.69) is 0 Å². The number of carbonyl (C=O) groups excluding carboxylic acids is 2. The molecule has 0 aromatic heterocycles. The Labute approximate surface area is 154 Å². The van der Waals surface area contributed by atoms with E-state index < -0.39 is 21.9 Å². The van der Waals surface area contributed by atoms with Crippen LogP contribution in [0, 0.1) is 6.92 Å². The Bertz CT molecular complexity index is 794. The molecule has 7 nitrogen and oxygen atoms in total. The second kappa shape index (κ2) is 7.75. The Morgan fingerprint density at radius 1 is 1.23 bits per heavy atom. The first-order chi connectivity index (χ1) is 12.0. The molecule has 26 heavy (non-hydrogen) atoms. The Morgan fingerprint density at radius 2 is 1.81 bits per heavy atom. The van der Waals surface area contributed by atoms with Crippen LogP contribution in [-0.4, -0.2) is 62.9 Å². The number of amides is 1. The van der Waals surface area contributed by atoms with Gasteiger partial charge in [-0.1, -0.05) is 6.07 Å². The van der Waals surface area contributed by atoms with Crippen molar-refractivity contribution in [3.8, 4) is 0 Å². The van der Waals surface area contributed by atoms with Crippen LogP contribution in [-0.2, 0) is 24.1 Å². The summed E-state index contributed by atoms with van der Waals surface area (Å²) in [6, 6.07) is 4.26. The van der Waals surface area contributed by atoms with Crippen molar-refractivity contribution in [2.75, 3.05) is 19.3 Å². The number of rotatable bonds is 4. The lowest BCUT2D eigenvalue weighted by Gasteiger charge is -2.36. The molecule has 1 aromatic rings. The highest BCUT2D eigenvalue weighted by Gasteiger charge is 2.31. The van der Waals surface area contributed by atoms with Gasteiger partial charge in [-0.3, -0.25) is 4.79 Å². The maximum absolute atomic E-state index is 12.6. The van der Waals surface area contributed by atoms with Crippen LogP contribution in [0.1, 0.15) is 36.7 Å². The molecule has 1 aliphatic rings. The van der Waals surface area contributed by atoms with Crippen molar-refractivity contribution >= 4 is 21.7 Å². The van der Waals surface area contributed by atoms with E-state index in [9.17, 15) is 18.0 Å². The molecule has 0 spiro atoms. The first-order valence-electron chi connectivity index (χ1n) is 8.45. The van der Waals surface area contributed by atoms with E-state index in [4.69, 9.17) is 9.47 Å². The molecule has 1 fully saturated rings. The van der Waals surface area contributed by atoms with Gasteiger partial charge >= 0.3 is 5.97 Å². The normalized spacial score (nSPS) is 22.0. The summed E-state index contributed by atoms with van der Waals surface area (Å²) in [7, 11) is -3.45. The summed E-state index contributed by atoms with van der Waals surface area (Å²) in [4.78, 5) is 26.7. The summed E-state index contributed by atoms with van der Waals surface area (Å²) in [6.45, 7) is 7.84. The average molecular weight is 383 g/mol. The number of esters is 1. The molecule has 0 bridgehead atoms. The standard InChI is InChI=1S/C18H25NO6S/c1-11-6-7-15(26(5,22)23)8-16(11)18(21)25-14(4)17(20)19-9-12(2)24-13(3)10-19/h6-8,12-14H,9-10H2,1-5H3. The number of nitrogens with zero attached hydrogens (tertiary/aromatic N) is 1. The van der Waals surface area contributed by atoms with E-state index in [1.165, 1.54) is 19.1 Å². The molecule has 1 aliphatic heterocycles. The number of aryl methyl sites for hydroxylation is 1. The molecular formula is C18H25NO6S. The SMILES string of the molecule is Cc1ccc(S(C)(=O)=O)cc1C(=O)OC(C)C(=O)N1CC(C)OC(C)C1. The van der Waals surface area contributed by atoms with Crippen LogP contribution in [0.3, 0.4) is 0 Å². The minimum atomic E-state index is -3.45. The molecule has 1 heterocycles. The summed E-state index contributed by atoms with van der Waals surface area (Å²) in [5, 5.41) is 0. The highest BCUT2D eigenvalue weighted by molar-refractivity contribution is 7.90. The summed E-state index contributed by atoms with van der Waals surface area (Å²) in [5.41, 5.74) is 0.715. The second-order valence-corrected chi connectivity index (χ2v) is 8.81. The van der Waals surface area contributed by atoms with Crippen molar-refractivity contribution in [1.29, 1.82) is 0 Å². The zero-order valence-corrected chi connectivity index (χ0v) is 16.5. The van der Waals surface area contributed by atoms with Crippen LogP contribution in [0.15, 0.2) is 23.1 Å². The van der Waals surface area contributed by atoms with E-state index in [-0.39, 0.29) is 28.6 Å². The number of sulfone groups is 1. The van der Waals surface area contributed by atoms with Gasteiger partial charge in [0.1, 0.15) is 0 Å². The number of benzene rings is 1. The smallest absolute Gasteiger partial charge is 0.339 e. The van der Waals surface area contributed by atoms with Crippen molar-refractivity contribution in [2.45, 2.75) is 50.9 Å². The minimum absolute atomic E-state index is 0.0323. The maximum Gasteiger partial charge on any atom is 0.339 e. The summed E-state index contributed by atoms with van der Waals surface area (Å²) >= 11 is 0. The first kappa shape index (κ1) is 20.4. The van der Waals surface area contributed by atoms with Crippen LogP contribution in [0.4, 0.5) is 0 Å². The predicted molar refractivity (Wildman–Crippen MR) is 95.8 cm³/mol. The van der Waals surface area contributed by atoms with E-state index >= 15 is 0 Å². The zero-order valence-electron chi connectivity index (χ0n) is 15.7. The van der Waals surface area contributed by atoms with E-state index in [1.807, 2.05) is 13.8 Å². The van der Waals surface area contributed by atoms with Crippen molar-refractivity contribution < 1.29 is 27.5 Å². The lowest BCUT2D eigenvalue weighted by Crippen LogP contribution is -2.51. The third kappa shape index (κ3) is 4.82. The highest BCUT2D eigenvalue weighted by Crippen LogP contribution is 2.18. The fourth-order valence-corrected chi connectivity index (χ4v) is 3.59. The van der Waals surface area contributed by atoms with Gasteiger partial charge in [0.05, 0.1) is 22.7 Å². The molecule has 8 heteroatoms. The molecule has 2 rings (SSSR count). The average Bonchev–Trinajstić information content (AvgIpc) is 2.52. The quantitative estimate of drug-likeness (QED) is 0.734. The van der Waals surface area contributed by atoms with Gasteiger partial charge in [-0.2, -0.15) is 0 Å². The summed E-state index contributed by atoms with van der Waals surface area (Å²) in [6.07, 6.45) is -0.0699. The van der Waals surface area contributed by atoms with Crippen molar-refractivity contribution in [3.63, 3.8) is 0 Å². The third-order valence-electron chi connectivity index (χ3n) is 4.22. The molecule has 0 radical (unpaired) electrons. The molecule has 3 unspecified atom stereocenters. The van der Waals surface area contributed by atoms with Gasteiger partial charge in [-0.25, -0.2) is 13.2 Å². The van der Waals surface area contributed by atoms with E-state index in [0.717, 1.165) is 6.26 Å². The Morgan fingerprint density at radius 3 is 2.35 bits per heavy atom. The largest absolute Gasteiger partial charge is 0.449 e. The molecule has 0 N–H and O–H groups in total. The number of morpholine rings is 1. The second-order valence-electron chi connectivity index (χ2n) is 6.80. The number of ether oxygens (including phenoxy) is 2. The molecular weight excluding hydrogens is 358 g/mol. The van der Waals surface area contributed by atoms with Crippen molar-refractivity contribution in [3.05, 3.63) is 29.3 Å².